The normalized spacial score (nSPS) is 20.9. The maximum absolute atomic E-state index is 5.94. The lowest BCUT2D eigenvalue weighted by Crippen LogP contribution is -2.28. The van der Waals surface area contributed by atoms with E-state index < -0.39 is 0 Å². The summed E-state index contributed by atoms with van der Waals surface area (Å²) in [6, 6.07) is 4.52. The predicted molar refractivity (Wildman–Crippen MR) is 64.0 cm³/mol. The van der Waals surface area contributed by atoms with Gasteiger partial charge in [0.25, 0.3) is 0 Å². The summed E-state index contributed by atoms with van der Waals surface area (Å²) in [6.07, 6.45) is 4.33. The Kier molecular flexibility index (Phi) is 2.24. The molecule has 3 heterocycles. The van der Waals surface area contributed by atoms with Gasteiger partial charge in [-0.3, -0.25) is 0 Å². The minimum atomic E-state index is 0.304. The second-order valence-electron chi connectivity index (χ2n) is 4.23. The third kappa shape index (κ3) is 1.45. The summed E-state index contributed by atoms with van der Waals surface area (Å²) in [5.41, 5.74) is 1.03. The van der Waals surface area contributed by atoms with Gasteiger partial charge in [-0.2, -0.15) is 4.98 Å². The largest absolute Gasteiger partial charge is 0.352 e. The zero-order valence-electron chi connectivity index (χ0n) is 9.10. The van der Waals surface area contributed by atoms with Crippen LogP contribution in [0.2, 0.25) is 5.28 Å². The van der Waals surface area contributed by atoms with Crippen LogP contribution in [0.25, 0.3) is 5.52 Å². The lowest BCUT2D eigenvalue weighted by Gasteiger charge is -2.23. The van der Waals surface area contributed by atoms with E-state index in [9.17, 15) is 0 Å². The minimum absolute atomic E-state index is 0.304. The number of aromatic nitrogens is 3. The van der Waals surface area contributed by atoms with Gasteiger partial charge in [-0.15, -0.1) is 5.10 Å². The fourth-order valence-corrected chi connectivity index (χ4v) is 2.51. The van der Waals surface area contributed by atoms with Crippen LogP contribution in [0.3, 0.4) is 0 Å². The molecule has 0 N–H and O–H groups in total. The van der Waals surface area contributed by atoms with E-state index in [1.807, 2.05) is 18.3 Å². The third-order valence-electron chi connectivity index (χ3n) is 3.17. The third-order valence-corrected chi connectivity index (χ3v) is 3.33. The molecule has 0 spiro atoms. The number of nitrogens with zero attached hydrogens (tertiary/aromatic N) is 4. The molecule has 0 bridgehead atoms. The molecule has 1 fully saturated rings. The molecule has 0 unspecified atom stereocenters. The second-order valence-corrected chi connectivity index (χ2v) is 4.57. The van der Waals surface area contributed by atoms with Gasteiger partial charge in [-0.1, -0.05) is 0 Å². The first-order valence-electron chi connectivity index (χ1n) is 5.53. The van der Waals surface area contributed by atoms with Gasteiger partial charge in [-0.25, -0.2) is 4.52 Å². The molecule has 1 aliphatic heterocycles. The van der Waals surface area contributed by atoms with Gasteiger partial charge in [0.1, 0.15) is 5.52 Å². The van der Waals surface area contributed by atoms with Crippen LogP contribution in [0, 0.1) is 0 Å². The molecular formula is C11H13ClN4. The monoisotopic (exact) mass is 236 g/mol. The molecule has 0 aliphatic carbocycles. The number of rotatable bonds is 1. The molecule has 1 saturated heterocycles. The van der Waals surface area contributed by atoms with E-state index in [4.69, 9.17) is 11.6 Å². The van der Waals surface area contributed by atoms with Crippen molar-refractivity contribution in [3.05, 3.63) is 23.6 Å². The van der Waals surface area contributed by atoms with Gasteiger partial charge < -0.3 is 4.90 Å². The topological polar surface area (TPSA) is 33.4 Å². The highest BCUT2D eigenvalue weighted by Crippen LogP contribution is 2.27. The van der Waals surface area contributed by atoms with Crippen molar-refractivity contribution in [2.45, 2.75) is 25.8 Å². The van der Waals surface area contributed by atoms with E-state index in [1.54, 1.807) is 4.52 Å². The smallest absolute Gasteiger partial charge is 0.243 e. The van der Waals surface area contributed by atoms with Gasteiger partial charge in [-0.05, 0) is 43.5 Å². The molecule has 0 amide bonds. The van der Waals surface area contributed by atoms with Gasteiger partial charge in [0.2, 0.25) is 5.28 Å². The van der Waals surface area contributed by atoms with Gasteiger partial charge in [0, 0.05) is 18.8 Å². The average Bonchev–Trinajstić information content (AvgIpc) is 2.84. The quantitative estimate of drug-likeness (QED) is 0.762. The van der Waals surface area contributed by atoms with Crippen LogP contribution in [0.1, 0.15) is 19.8 Å². The first-order valence-corrected chi connectivity index (χ1v) is 5.91. The highest BCUT2D eigenvalue weighted by Gasteiger charge is 2.24. The summed E-state index contributed by atoms with van der Waals surface area (Å²) in [4.78, 5) is 6.67. The fourth-order valence-electron chi connectivity index (χ4n) is 2.35. The number of hydrogen-bond acceptors (Lipinski definition) is 3. The van der Waals surface area contributed by atoms with E-state index in [2.05, 4.69) is 21.9 Å². The molecule has 0 saturated carbocycles. The minimum Gasteiger partial charge on any atom is -0.352 e. The van der Waals surface area contributed by atoms with E-state index in [1.165, 1.54) is 12.8 Å². The molecule has 84 valence electrons. The van der Waals surface area contributed by atoms with E-state index in [0.717, 1.165) is 17.9 Å². The van der Waals surface area contributed by atoms with E-state index >= 15 is 0 Å². The SMILES string of the molecule is C[C@@H]1CCCN1c1nc(Cl)nn2cccc12. The molecule has 1 aliphatic rings. The number of fused-ring (bicyclic) bond motifs is 1. The summed E-state index contributed by atoms with van der Waals surface area (Å²) in [7, 11) is 0. The zero-order valence-corrected chi connectivity index (χ0v) is 9.85. The Balaban J connectivity index is 2.17. The Bertz CT molecular complexity index is 522. The lowest BCUT2D eigenvalue weighted by atomic mass is 10.2. The van der Waals surface area contributed by atoms with E-state index in [0.29, 0.717) is 11.3 Å². The van der Waals surface area contributed by atoms with Crippen LogP contribution >= 0.6 is 11.6 Å². The molecule has 4 nitrogen and oxygen atoms in total. The highest BCUT2D eigenvalue weighted by atomic mass is 35.5. The van der Waals surface area contributed by atoms with Crippen molar-refractivity contribution >= 4 is 22.9 Å². The van der Waals surface area contributed by atoms with Gasteiger partial charge in [0.15, 0.2) is 5.82 Å². The van der Waals surface area contributed by atoms with Crippen molar-refractivity contribution in [1.82, 2.24) is 14.6 Å². The highest BCUT2D eigenvalue weighted by molar-refractivity contribution is 6.28. The van der Waals surface area contributed by atoms with Crippen molar-refractivity contribution in [2.75, 3.05) is 11.4 Å². The predicted octanol–water partition coefficient (Wildman–Crippen LogP) is 2.37. The first-order chi connectivity index (χ1) is 7.75. The Labute approximate surface area is 98.8 Å². The van der Waals surface area contributed by atoms with E-state index in [-0.39, 0.29) is 0 Å². The summed E-state index contributed by atoms with van der Waals surface area (Å²) in [6.45, 7) is 3.28. The fraction of sp³-hybridized carbons (Fsp3) is 0.455. The van der Waals surface area contributed by atoms with Crippen molar-refractivity contribution in [3.63, 3.8) is 0 Å². The van der Waals surface area contributed by atoms with Crippen LogP contribution in [0.5, 0.6) is 0 Å². The summed E-state index contributed by atoms with van der Waals surface area (Å²) < 4.78 is 1.79. The van der Waals surface area contributed by atoms with Crippen molar-refractivity contribution in [1.29, 1.82) is 0 Å². The van der Waals surface area contributed by atoms with Crippen molar-refractivity contribution in [3.8, 4) is 0 Å². The van der Waals surface area contributed by atoms with Crippen LogP contribution in [-0.2, 0) is 0 Å². The first kappa shape index (κ1) is 9.90. The molecule has 3 rings (SSSR count). The molecule has 0 radical (unpaired) electrons. The van der Waals surface area contributed by atoms with Crippen LogP contribution < -0.4 is 4.90 Å². The summed E-state index contributed by atoms with van der Waals surface area (Å²) >= 11 is 5.94. The maximum Gasteiger partial charge on any atom is 0.243 e. The Morgan fingerprint density at radius 1 is 1.50 bits per heavy atom. The van der Waals surface area contributed by atoms with Gasteiger partial charge in [0.05, 0.1) is 0 Å². The molecule has 5 heteroatoms. The molecular weight excluding hydrogens is 224 g/mol. The standard InChI is InChI=1S/C11H13ClN4/c1-8-4-2-6-15(8)10-9-5-3-7-16(9)14-11(12)13-10/h3,5,7-8H,2,4,6H2,1H3/t8-/m1/s1. The Morgan fingerprint density at radius 3 is 3.12 bits per heavy atom. The van der Waals surface area contributed by atoms with Crippen LogP contribution in [0.4, 0.5) is 5.82 Å². The van der Waals surface area contributed by atoms with Crippen LogP contribution in [-0.4, -0.2) is 27.2 Å². The molecule has 2 aromatic rings. The van der Waals surface area contributed by atoms with Crippen molar-refractivity contribution in [2.24, 2.45) is 0 Å². The summed E-state index contributed by atoms with van der Waals surface area (Å²) in [5, 5.41) is 4.44. The number of hydrogen-bond donors (Lipinski definition) is 0. The molecule has 16 heavy (non-hydrogen) atoms. The summed E-state index contributed by atoms with van der Waals surface area (Å²) in [5.74, 6) is 0.954. The molecule has 0 aromatic carbocycles. The molecule has 2 aromatic heterocycles. The van der Waals surface area contributed by atoms with Gasteiger partial charge >= 0.3 is 0 Å². The maximum atomic E-state index is 5.94. The molecule has 1 atom stereocenters. The lowest BCUT2D eigenvalue weighted by molar-refractivity contribution is 0.723. The van der Waals surface area contributed by atoms with Crippen LogP contribution in [0.15, 0.2) is 18.3 Å². The zero-order chi connectivity index (χ0) is 11.1. The Morgan fingerprint density at radius 2 is 2.38 bits per heavy atom. The Hall–Kier alpha value is -1.29. The number of anilines is 1. The second kappa shape index (κ2) is 3.63. The van der Waals surface area contributed by atoms with Crippen molar-refractivity contribution < 1.29 is 0 Å². The average molecular weight is 237 g/mol. The number of halogens is 1.